The van der Waals surface area contributed by atoms with Gasteiger partial charge < -0.3 is 14.8 Å². The van der Waals surface area contributed by atoms with Crippen molar-refractivity contribution in [3.05, 3.63) is 24.3 Å². The molecule has 1 saturated carbocycles. The molecule has 19 heavy (non-hydrogen) atoms. The first-order chi connectivity index (χ1) is 9.15. The highest BCUT2D eigenvalue weighted by Crippen LogP contribution is 2.47. The van der Waals surface area contributed by atoms with Crippen molar-refractivity contribution in [2.75, 3.05) is 13.7 Å². The Bertz CT molecular complexity index is 421. The molecule has 0 saturated heterocycles. The summed E-state index contributed by atoms with van der Waals surface area (Å²) in [6.45, 7) is 7.72. The van der Waals surface area contributed by atoms with E-state index in [1.54, 1.807) is 7.11 Å². The molecular weight excluding hydrogens is 238 g/mol. The van der Waals surface area contributed by atoms with Crippen LogP contribution in [0.25, 0.3) is 0 Å². The third-order valence-electron chi connectivity index (χ3n) is 4.53. The standard InChI is InChI=1S/C16H25NO2/c1-5-16(3)14(17-6-2)11-15(16)19-13-10-8-7-9-12(13)18-4/h7-10,14-15,17H,5-6,11H2,1-4H3. The van der Waals surface area contributed by atoms with Crippen molar-refractivity contribution in [1.82, 2.24) is 5.32 Å². The maximum absolute atomic E-state index is 6.19. The lowest BCUT2D eigenvalue weighted by molar-refractivity contribution is -0.0705. The lowest BCUT2D eigenvalue weighted by Crippen LogP contribution is -2.63. The highest BCUT2D eigenvalue weighted by Gasteiger charge is 2.51. The zero-order valence-electron chi connectivity index (χ0n) is 12.4. The van der Waals surface area contributed by atoms with Gasteiger partial charge >= 0.3 is 0 Å². The van der Waals surface area contributed by atoms with Gasteiger partial charge in [0.05, 0.1) is 7.11 Å². The summed E-state index contributed by atoms with van der Waals surface area (Å²) >= 11 is 0. The van der Waals surface area contributed by atoms with Crippen molar-refractivity contribution in [1.29, 1.82) is 0 Å². The molecule has 0 aliphatic heterocycles. The fourth-order valence-corrected chi connectivity index (χ4v) is 2.91. The Kier molecular flexibility index (Phi) is 4.35. The van der Waals surface area contributed by atoms with E-state index in [0.717, 1.165) is 30.9 Å². The third-order valence-corrected chi connectivity index (χ3v) is 4.53. The van der Waals surface area contributed by atoms with Crippen LogP contribution in [0.3, 0.4) is 0 Å². The van der Waals surface area contributed by atoms with Gasteiger partial charge in [-0.2, -0.15) is 0 Å². The summed E-state index contributed by atoms with van der Waals surface area (Å²) in [5.74, 6) is 1.66. The fourth-order valence-electron chi connectivity index (χ4n) is 2.91. The summed E-state index contributed by atoms with van der Waals surface area (Å²) in [5.41, 5.74) is 0.205. The number of benzene rings is 1. The zero-order valence-corrected chi connectivity index (χ0v) is 12.4. The minimum atomic E-state index is 0.205. The Morgan fingerprint density at radius 3 is 2.53 bits per heavy atom. The molecule has 0 spiro atoms. The van der Waals surface area contributed by atoms with Crippen LogP contribution in [-0.4, -0.2) is 25.8 Å². The number of ether oxygens (including phenoxy) is 2. The van der Waals surface area contributed by atoms with Crippen LogP contribution in [0.15, 0.2) is 24.3 Å². The molecule has 2 rings (SSSR count). The molecule has 0 aromatic heterocycles. The largest absolute Gasteiger partial charge is 0.493 e. The van der Waals surface area contributed by atoms with E-state index in [1.165, 1.54) is 0 Å². The van der Waals surface area contributed by atoms with Crippen LogP contribution in [0.2, 0.25) is 0 Å². The molecule has 1 aromatic rings. The summed E-state index contributed by atoms with van der Waals surface area (Å²) in [5, 5.41) is 3.56. The van der Waals surface area contributed by atoms with E-state index in [1.807, 2.05) is 24.3 Å². The summed E-state index contributed by atoms with van der Waals surface area (Å²) in [7, 11) is 1.68. The predicted octanol–water partition coefficient (Wildman–Crippen LogP) is 3.24. The van der Waals surface area contributed by atoms with Crippen LogP contribution >= 0.6 is 0 Å². The molecule has 3 heteroatoms. The van der Waals surface area contributed by atoms with Gasteiger partial charge in [-0.25, -0.2) is 0 Å². The van der Waals surface area contributed by atoms with Crippen molar-refractivity contribution in [3.63, 3.8) is 0 Å². The van der Waals surface area contributed by atoms with Gasteiger partial charge in [0.25, 0.3) is 0 Å². The summed E-state index contributed by atoms with van der Waals surface area (Å²) in [4.78, 5) is 0. The lowest BCUT2D eigenvalue weighted by Gasteiger charge is -2.53. The molecule has 0 heterocycles. The van der Waals surface area contributed by atoms with Crippen molar-refractivity contribution in [2.24, 2.45) is 5.41 Å². The molecule has 0 radical (unpaired) electrons. The van der Waals surface area contributed by atoms with Crippen LogP contribution in [0.1, 0.15) is 33.6 Å². The van der Waals surface area contributed by atoms with Gasteiger partial charge in [0.1, 0.15) is 6.10 Å². The average molecular weight is 263 g/mol. The minimum Gasteiger partial charge on any atom is -0.493 e. The van der Waals surface area contributed by atoms with E-state index in [9.17, 15) is 0 Å². The molecule has 1 aliphatic carbocycles. The maximum atomic E-state index is 6.19. The first-order valence-electron chi connectivity index (χ1n) is 7.18. The molecule has 0 amide bonds. The second-order valence-electron chi connectivity index (χ2n) is 5.46. The predicted molar refractivity (Wildman–Crippen MR) is 77.9 cm³/mol. The summed E-state index contributed by atoms with van der Waals surface area (Å²) < 4.78 is 11.5. The van der Waals surface area contributed by atoms with Crippen molar-refractivity contribution < 1.29 is 9.47 Å². The summed E-state index contributed by atoms with van der Waals surface area (Å²) in [6.07, 6.45) is 2.44. The maximum Gasteiger partial charge on any atom is 0.161 e. The van der Waals surface area contributed by atoms with Gasteiger partial charge in [0.2, 0.25) is 0 Å². The summed E-state index contributed by atoms with van der Waals surface area (Å²) in [6, 6.07) is 8.44. The quantitative estimate of drug-likeness (QED) is 0.854. The highest BCUT2D eigenvalue weighted by atomic mass is 16.5. The molecule has 0 bridgehead atoms. The molecule has 1 aliphatic rings. The van der Waals surface area contributed by atoms with Gasteiger partial charge in [-0.05, 0) is 25.1 Å². The first-order valence-corrected chi connectivity index (χ1v) is 7.18. The smallest absolute Gasteiger partial charge is 0.161 e. The second kappa shape index (κ2) is 5.83. The highest BCUT2D eigenvalue weighted by molar-refractivity contribution is 5.39. The average Bonchev–Trinajstić information content (AvgIpc) is 2.45. The normalized spacial score (nSPS) is 29.7. The molecule has 3 nitrogen and oxygen atoms in total. The molecule has 3 atom stereocenters. The Balaban J connectivity index is 2.08. The first kappa shape index (κ1) is 14.2. The monoisotopic (exact) mass is 263 g/mol. The Labute approximate surface area is 116 Å². The molecule has 1 aromatic carbocycles. The SMILES string of the molecule is CCNC1CC(Oc2ccccc2OC)C1(C)CC. The molecule has 1 fully saturated rings. The van der Waals surface area contributed by atoms with Crippen LogP contribution in [0.4, 0.5) is 0 Å². The van der Waals surface area contributed by atoms with Crippen molar-refractivity contribution in [2.45, 2.75) is 45.8 Å². The topological polar surface area (TPSA) is 30.5 Å². The Hall–Kier alpha value is -1.22. The van der Waals surface area contributed by atoms with Gasteiger partial charge in [0, 0.05) is 17.9 Å². The second-order valence-corrected chi connectivity index (χ2v) is 5.46. The van der Waals surface area contributed by atoms with Gasteiger partial charge in [-0.3, -0.25) is 0 Å². The van der Waals surface area contributed by atoms with Crippen LogP contribution in [-0.2, 0) is 0 Å². The molecule has 3 unspecified atom stereocenters. The van der Waals surface area contributed by atoms with Gasteiger partial charge in [-0.15, -0.1) is 0 Å². The van der Waals surface area contributed by atoms with Gasteiger partial charge in [0.15, 0.2) is 11.5 Å². The number of para-hydroxylation sites is 2. The third kappa shape index (κ3) is 2.57. The fraction of sp³-hybridized carbons (Fsp3) is 0.625. The van der Waals surface area contributed by atoms with E-state index >= 15 is 0 Å². The lowest BCUT2D eigenvalue weighted by atomic mass is 9.61. The molecular formula is C16H25NO2. The van der Waals surface area contributed by atoms with E-state index in [-0.39, 0.29) is 11.5 Å². The van der Waals surface area contributed by atoms with E-state index < -0.39 is 0 Å². The molecule has 1 N–H and O–H groups in total. The zero-order chi connectivity index (χ0) is 13.9. The van der Waals surface area contributed by atoms with E-state index in [0.29, 0.717) is 6.04 Å². The number of nitrogens with one attached hydrogen (secondary N) is 1. The van der Waals surface area contributed by atoms with Crippen molar-refractivity contribution >= 4 is 0 Å². The van der Waals surface area contributed by atoms with Crippen molar-refractivity contribution in [3.8, 4) is 11.5 Å². The van der Waals surface area contributed by atoms with E-state index in [4.69, 9.17) is 9.47 Å². The van der Waals surface area contributed by atoms with Gasteiger partial charge in [-0.1, -0.05) is 32.9 Å². The van der Waals surface area contributed by atoms with E-state index in [2.05, 4.69) is 26.1 Å². The number of hydrogen-bond acceptors (Lipinski definition) is 3. The molecule has 106 valence electrons. The Morgan fingerprint density at radius 1 is 1.26 bits per heavy atom. The number of rotatable bonds is 6. The minimum absolute atomic E-state index is 0.205. The Morgan fingerprint density at radius 2 is 1.95 bits per heavy atom. The van der Waals surface area contributed by atoms with Crippen LogP contribution in [0.5, 0.6) is 11.5 Å². The van der Waals surface area contributed by atoms with Crippen LogP contribution in [0, 0.1) is 5.41 Å². The number of methoxy groups -OCH3 is 1. The van der Waals surface area contributed by atoms with Crippen LogP contribution < -0.4 is 14.8 Å². The number of hydrogen-bond donors (Lipinski definition) is 1.